The van der Waals surface area contributed by atoms with E-state index in [0.717, 1.165) is 24.6 Å². The molecular formula is C16H28N2O. The summed E-state index contributed by atoms with van der Waals surface area (Å²) in [6.45, 7) is 13.2. The Bertz CT molecular complexity index is 385. The zero-order chi connectivity index (χ0) is 13.9. The molecule has 1 aliphatic heterocycles. The van der Waals surface area contributed by atoms with E-state index in [1.54, 1.807) is 0 Å². The number of piperidine rings is 1. The molecule has 0 amide bonds. The Labute approximate surface area is 117 Å². The highest BCUT2D eigenvalue weighted by Gasteiger charge is 2.25. The lowest BCUT2D eigenvalue weighted by Gasteiger charge is -2.36. The average Bonchev–Trinajstić information content (AvgIpc) is 2.77. The zero-order valence-electron chi connectivity index (χ0n) is 12.8. The normalized spacial score (nSPS) is 20.1. The van der Waals surface area contributed by atoms with Crippen LogP contribution in [0.1, 0.15) is 52.1 Å². The van der Waals surface area contributed by atoms with Gasteiger partial charge in [-0.05, 0) is 43.5 Å². The summed E-state index contributed by atoms with van der Waals surface area (Å²) in [5, 5.41) is 3.38. The molecule has 3 heteroatoms. The van der Waals surface area contributed by atoms with Crippen molar-refractivity contribution in [2.24, 2.45) is 5.41 Å². The van der Waals surface area contributed by atoms with Crippen LogP contribution >= 0.6 is 0 Å². The molecule has 0 unspecified atom stereocenters. The summed E-state index contributed by atoms with van der Waals surface area (Å²) in [5.41, 5.74) is 0.520. The van der Waals surface area contributed by atoms with Crippen molar-refractivity contribution >= 4 is 0 Å². The molecule has 0 radical (unpaired) electrons. The highest BCUT2D eigenvalue weighted by atomic mass is 16.3. The molecule has 0 aromatic carbocycles. The molecule has 1 aromatic rings. The summed E-state index contributed by atoms with van der Waals surface area (Å²) >= 11 is 0. The van der Waals surface area contributed by atoms with Crippen molar-refractivity contribution in [3.63, 3.8) is 0 Å². The fourth-order valence-corrected chi connectivity index (χ4v) is 2.44. The van der Waals surface area contributed by atoms with E-state index in [0.29, 0.717) is 11.5 Å². The van der Waals surface area contributed by atoms with E-state index in [9.17, 15) is 0 Å². The van der Waals surface area contributed by atoms with Gasteiger partial charge in [-0.1, -0.05) is 27.7 Å². The fourth-order valence-electron chi connectivity index (χ4n) is 2.44. The number of hydrogen-bond donors (Lipinski definition) is 1. The number of nitrogens with one attached hydrogen (secondary N) is 1. The average molecular weight is 264 g/mol. The Balaban J connectivity index is 1.80. The number of furan rings is 1. The van der Waals surface area contributed by atoms with Crippen LogP contribution in [0.4, 0.5) is 0 Å². The Morgan fingerprint density at radius 3 is 2.47 bits per heavy atom. The highest BCUT2D eigenvalue weighted by Crippen LogP contribution is 2.30. The fraction of sp³-hybridized carbons (Fsp3) is 0.750. The summed E-state index contributed by atoms with van der Waals surface area (Å²) in [4.78, 5) is 2.50. The first-order valence-electron chi connectivity index (χ1n) is 7.48. The molecule has 1 fully saturated rings. The van der Waals surface area contributed by atoms with Crippen molar-refractivity contribution in [2.45, 2.75) is 59.7 Å². The smallest absolute Gasteiger partial charge is 0.118 e. The molecule has 0 spiro atoms. The monoisotopic (exact) mass is 264 g/mol. The molecule has 0 bridgehead atoms. The molecule has 1 saturated heterocycles. The molecule has 2 rings (SSSR count). The molecule has 108 valence electrons. The van der Waals surface area contributed by atoms with Gasteiger partial charge in [-0.15, -0.1) is 0 Å². The second-order valence-electron chi connectivity index (χ2n) is 6.84. The van der Waals surface area contributed by atoms with Gasteiger partial charge >= 0.3 is 0 Å². The van der Waals surface area contributed by atoms with Gasteiger partial charge in [-0.2, -0.15) is 0 Å². The van der Waals surface area contributed by atoms with Gasteiger partial charge in [0, 0.05) is 6.04 Å². The van der Waals surface area contributed by atoms with Crippen molar-refractivity contribution in [3.05, 3.63) is 23.7 Å². The Morgan fingerprint density at radius 1 is 1.21 bits per heavy atom. The standard InChI is InChI=1S/C16H28N2O/c1-13(2)17-11-14-5-6-15(19-14)12-18-9-7-16(3,4)8-10-18/h5-6,13,17H,7-12H2,1-4H3. The molecule has 0 atom stereocenters. The quantitative estimate of drug-likeness (QED) is 0.883. The van der Waals surface area contributed by atoms with E-state index in [4.69, 9.17) is 4.42 Å². The predicted molar refractivity (Wildman–Crippen MR) is 79.0 cm³/mol. The summed E-state index contributed by atoms with van der Waals surface area (Å²) in [6.07, 6.45) is 2.57. The topological polar surface area (TPSA) is 28.4 Å². The van der Waals surface area contributed by atoms with Gasteiger partial charge in [-0.25, -0.2) is 0 Å². The minimum Gasteiger partial charge on any atom is -0.463 e. The van der Waals surface area contributed by atoms with Crippen LogP contribution in [0.5, 0.6) is 0 Å². The molecule has 0 saturated carbocycles. The minimum atomic E-state index is 0.498. The third kappa shape index (κ3) is 4.66. The largest absolute Gasteiger partial charge is 0.463 e. The molecular weight excluding hydrogens is 236 g/mol. The van der Waals surface area contributed by atoms with Crippen molar-refractivity contribution in [2.75, 3.05) is 13.1 Å². The van der Waals surface area contributed by atoms with Gasteiger partial charge in [0.25, 0.3) is 0 Å². The summed E-state index contributed by atoms with van der Waals surface area (Å²) in [7, 11) is 0. The first-order valence-corrected chi connectivity index (χ1v) is 7.48. The first-order chi connectivity index (χ1) is 8.94. The van der Waals surface area contributed by atoms with E-state index in [2.05, 4.69) is 50.0 Å². The molecule has 1 aliphatic rings. The Kier molecular flexibility index (Phi) is 4.69. The van der Waals surface area contributed by atoms with E-state index in [-0.39, 0.29) is 0 Å². The van der Waals surface area contributed by atoms with Gasteiger partial charge in [0.05, 0.1) is 13.1 Å². The lowest BCUT2D eigenvalue weighted by atomic mass is 9.83. The molecule has 2 heterocycles. The Morgan fingerprint density at radius 2 is 1.84 bits per heavy atom. The number of nitrogens with zero attached hydrogens (tertiary/aromatic N) is 1. The summed E-state index contributed by atoms with van der Waals surface area (Å²) in [5.74, 6) is 2.14. The lowest BCUT2D eigenvalue weighted by molar-refractivity contribution is 0.119. The van der Waals surface area contributed by atoms with E-state index in [1.165, 1.54) is 25.9 Å². The van der Waals surface area contributed by atoms with E-state index >= 15 is 0 Å². The highest BCUT2D eigenvalue weighted by molar-refractivity contribution is 5.07. The predicted octanol–water partition coefficient (Wildman–Crippen LogP) is 3.40. The van der Waals surface area contributed by atoms with Crippen LogP contribution < -0.4 is 5.32 Å². The van der Waals surface area contributed by atoms with Gasteiger partial charge in [-0.3, -0.25) is 4.90 Å². The van der Waals surface area contributed by atoms with Gasteiger partial charge in [0.2, 0.25) is 0 Å². The maximum Gasteiger partial charge on any atom is 0.118 e. The molecule has 1 N–H and O–H groups in total. The third-order valence-electron chi connectivity index (χ3n) is 3.99. The van der Waals surface area contributed by atoms with Crippen LogP contribution in [-0.2, 0) is 13.1 Å². The van der Waals surface area contributed by atoms with Gasteiger partial charge in [0.1, 0.15) is 11.5 Å². The summed E-state index contributed by atoms with van der Waals surface area (Å²) < 4.78 is 5.88. The molecule has 19 heavy (non-hydrogen) atoms. The van der Waals surface area contributed by atoms with E-state index in [1.807, 2.05) is 0 Å². The van der Waals surface area contributed by atoms with Crippen LogP contribution in [0.15, 0.2) is 16.5 Å². The third-order valence-corrected chi connectivity index (χ3v) is 3.99. The van der Waals surface area contributed by atoms with Crippen LogP contribution in [0.25, 0.3) is 0 Å². The minimum absolute atomic E-state index is 0.498. The van der Waals surface area contributed by atoms with Crippen LogP contribution in [-0.4, -0.2) is 24.0 Å². The zero-order valence-corrected chi connectivity index (χ0v) is 12.8. The van der Waals surface area contributed by atoms with Crippen molar-refractivity contribution in [3.8, 4) is 0 Å². The van der Waals surface area contributed by atoms with Gasteiger partial charge < -0.3 is 9.73 Å². The maximum atomic E-state index is 5.88. The SMILES string of the molecule is CC(C)NCc1ccc(CN2CCC(C)(C)CC2)o1. The molecule has 1 aromatic heterocycles. The van der Waals surface area contributed by atoms with Crippen LogP contribution in [0, 0.1) is 5.41 Å². The second kappa shape index (κ2) is 6.10. The van der Waals surface area contributed by atoms with Crippen LogP contribution in [0.2, 0.25) is 0 Å². The number of hydrogen-bond acceptors (Lipinski definition) is 3. The van der Waals surface area contributed by atoms with Crippen LogP contribution in [0.3, 0.4) is 0 Å². The Hall–Kier alpha value is -0.800. The van der Waals surface area contributed by atoms with Gasteiger partial charge in [0.15, 0.2) is 0 Å². The summed E-state index contributed by atoms with van der Waals surface area (Å²) in [6, 6.07) is 4.72. The van der Waals surface area contributed by atoms with E-state index < -0.39 is 0 Å². The molecule has 0 aliphatic carbocycles. The maximum absolute atomic E-state index is 5.88. The lowest BCUT2D eigenvalue weighted by Crippen LogP contribution is -2.36. The van der Waals surface area contributed by atoms with Crippen molar-refractivity contribution in [1.82, 2.24) is 10.2 Å². The number of rotatable bonds is 5. The van der Waals surface area contributed by atoms with Crippen molar-refractivity contribution < 1.29 is 4.42 Å². The second-order valence-corrected chi connectivity index (χ2v) is 6.84. The molecule has 3 nitrogen and oxygen atoms in total. The number of likely N-dealkylation sites (tertiary alicyclic amines) is 1. The first kappa shape index (κ1) is 14.6. The van der Waals surface area contributed by atoms with Crippen molar-refractivity contribution in [1.29, 1.82) is 0 Å².